The summed E-state index contributed by atoms with van der Waals surface area (Å²) < 4.78 is 7.90. The minimum Gasteiger partial charge on any atom is -0.493 e. The number of ether oxygens (including phenoxy) is 1. The fourth-order valence-corrected chi connectivity index (χ4v) is 5.25. The van der Waals surface area contributed by atoms with Crippen molar-refractivity contribution >= 4 is 23.4 Å². The molecule has 3 heterocycles. The molecule has 1 atom stereocenters. The van der Waals surface area contributed by atoms with E-state index in [2.05, 4.69) is 5.10 Å². The number of aromatic nitrogens is 2. The van der Waals surface area contributed by atoms with Gasteiger partial charge < -0.3 is 19.6 Å². The van der Waals surface area contributed by atoms with Crippen molar-refractivity contribution in [1.82, 2.24) is 19.6 Å². The molecule has 2 amide bonds. The highest BCUT2D eigenvalue weighted by Gasteiger charge is 2.41. The Morgan fingerprint density at radius 2 is 1.86 bits per heavy atom. The van der Waals surface area contributed by atoms with Crippen LogP contribution in [0.3, 0.4) is 0 Å². The lowest BCUT2D eigenvalue weighted by Crippen LogP contribution is -2.52. The first-order valence-corrected chi connectivity index (χ1v) is 12.7. The van der Waals surface area contributed by atoms with Gasteiger partial charge in [0.2, 0.25) is 11.8 Å². The first-order valence-electron chi connectivity index (χ1n) is 12.4. The van der Waals surface area contributed by atoms with E-state index in [0.717, 1.165) is 34.7 Å². The molecule has 9 heteroatoms. The van der Waals surface area contributed by atoms with Gasteiger partial charge in [-0.05, 0) is 68.9 Å². The van der Waals surface area contributed by atoms with Gasteiger partial charge in [-0.2, -0.15) is 5.10 Å². The number of hydrogen-bond donors (Lipinski definition) is 1. The second-order valence-corrected chi connectivity index (χ2v) is 10.4. The van der Waals surface area contributed by atoms with E-state index in [1.165, 1.54) is 0 Å². The Labute approximate surface area is 211 Å². The predicted molar refractivity (Wildman–Crippen MR) is 133 cm³/mol. The lowest BCUT2D eigenvalue weighted by atomic mass is 9.77. The third kappa shape index (κ3) is 6.35. The van der Waals surface area contributed by atoms with Crippen LogP contribution < -0.4 is 4.74 Å². The van der Waals surface area contributed by atoms with Crippen LogP contribution in [0.15, 0.2) is 30.6 Å². The summed E-state index contributed by atoms with van der Waals surface area (Å²) in [6.07, 6.45) is 6.22. The zero-order valence-electron chi connectivity index (χ0n) is 20.6. The van der Waals surface area contributed by atoms with E-state index in [4.69, 9.17) is 16.3 Å². The van der Waals surface area contributed by atoms with Crippen molar-refractivity contribution in [2.75, 3.05) is 32.8 Å². The van der Waals surface area contributed by atoms with Gasteiger partial charge in [-0.1, -0.05) is 11.6 Å². The van der Waals surface area contributed by atoms with Crippen LogP contribution in [0.2, 0.25) is 5.02 Å². The van der Waals surface area contributed by atoms with E-state index in [1.54, 1.807) is 23.1 Å². The molecule has 0 spiro atoms. The molecule has 2 aliphatic rings. The van der Waals surface area contributed by atoms with Crippen LogP contribution in [-0.2, 0) is 16.1 Å². The Balaban J connectivity index is 1.51. The van der Waals surface area contributed by atoms with E-state index in [9.17, 15) is 14.7 Å². The molecule has 0 saturated carbocycles. The highest BCUT2D eigenvalue weighted by molar-refractivity contribution is 6.32. The first-order chi connectivity index (χ1) is 16.7. The number of carbonyl (C=O) groups excluding carboxylic acids is 2. The summed E-state index contributed by atoms with van der Waals surface area (Å²) in [5, 5.41) is 14.7. The van der Waals surface area contributed by atoms with Crippen molar-refractivity contribution in [2.45, 2.75) is 58.6 Å². The van der Waals surface area contributed by atoms with Gasteiger partial charge in [0.25, 0.3) is 0 Å². The number of nitrogens with zero attached hydrogens (tertiary/aromatic N) is 4. The lowest BCUT2D eigenvalue weighted by Gasteiger charge is -2.43. The largest absolute Gasteiger partial charge is 0.493 e. The summed E-state index contributed by atoms with van der Waals surface area (Å²) in [4.78, 5) is 30.1. The molecule has 35 heavy (non-hydrogen) atoms. The summed E-state index contributed by atoms with van der Waals surface area (Å²) in [6, 6.07) is 5.63. The van der Waals surface area contributed by atoms with Gasteiger partial charge in [0.15, 0.2) is 0 Å². The molecule has 0 unspecified atom stereocenters. The molecule has 2 aliphatic heterocycles. The maximum Gasteiger partial charge on any atom is 0.244 e. The van der Waals surface area contributed by atoms with Gasteiger partial charge in [-0.15, -0.1) is 0 Å². The molecular formula is C26H35ClN4O4. The Morgan fingerprint density at radius 3 is 2.51 bits per heavy atom. The van der Waals surface area contributed by atoms with Crippen LogP contribution in [0.5, 0.6) is 5.75 Å². The first kappa shape index (κ1) is 25.5. The molecule has 0 radical (unpaired) electrons. The third-order valence-electron chi connectivity index (χ3n) is 7.17. The molecule has 1 aromatic heterocycles. The maximum atomic E-state index is 13.3. The second kappa shape index (κ2) is 11.0. The number of carbonyl (C=O) groups is 2. The summed E-state index contributed by atoms with van der Waals surface area (Å²) in [6.45, 7) is 6.65. The van der Waals surface area contributed by atoms with Crippen molar-refractivity contribution in [3.63, 3.8) is 0 Å². The molecule has 2 aromatic rings. The quantitative estimate of drug-likeness (QED) is 0.628. The summed E-state index contributed by atoms with van der Waals surface area (Å²) in [5.74, 6) is 0.771. The standard InChI is InChI=1S/C26H35ClN4O4/c1-19-13-22(14-20(2)25(19)27)35-18-26(15-23(33)29-11-5-21(32)6-12-29)7-3-9-30(17-26)24(34)16-31-10-4-8-28-31/h4,8,10,13-14,21,32H,3,5-7,9,11-12,15-18H2,1-2H3/t26-/m1/s1. The second-order valence-electron chi connectivity index (χ2n) is 10.1. The number of amides is 2. The Hall–Kier alpha value is -2.58. The van der Waals surface area contributed by atoms with Crippen molar-refractivity contribution < 1.29 is 19.4 Å². The molecular weight excluding hydrogens is 468 g/mol. The number of aryl methyl sites for hydroxylation is 2. The highest BCUT2D eigenvalue weighted by atomic mass is 35.5. The number of halogens is 1. The fourth-order valence-electron chi connectivity index (χ4n) is 5.14. The summed E-state index contributed by atoms with van der Waals surface area (Å²) in [5.41, 5.74) is 1.39. The zero-order chi connectivity index (χ0) is 25.0. The minimum atomic E-state index is -0.493. The topological polar surface area (TPSA) is 87.9 Å². The molecule has 190 valence electrons. The molecule has 0 aliphatic carbocycles. The molecule has 1 N–H and O–H groups in total. The van der Waals surface area contributed by atoms with Crippen molar-refractivity contribution in [3.05, 3.63) is 46.7 Å². The van der Waals surface area contributed by atoms with Gasteiger partial charge in [0, 0.05) is 55.4 Å². The number of aliphatic hydroxyl groups is 1. The number of piperidine rings is 2. The van der Waals surface area contributed by atoms with E-state index < -0.39 is 5.41 Å². The SMILES string of the molecule is Cc1cc(OC[C@@]2(CC(=O)N3CCC(O)CC3)CCCN(C(=O)Cn3cccn3)C2)cc(C)c1Cl. The van der Waals surface area contributed by atoms with Gasteiger partial charge in [0.05, 0.1) is 12.7 Å². The number of hydrogen-bond acceptors (Lipinski definition) is 5. The van der Waals surface area contributed by atoms with E-state index in [1.807, 2.05) is 35.8 Å². The van der Waals surface area contributed by atoms with E-state index in [0.29, 0.717) is 52.0 Å². The highest BCUT2D eigenvalue weighted by Crippen LogP contribution is 2.36. The summed E-state index contributed by atoms with van der Waals surface area (Å²) >= 11 is 6.33. The van der Waals surface area contributed by atoms with Crippen molar-refractivity contribution in [1.29, 1.82) is 0 Å². The minimum absolute atomic E-state index is 0.00972. The van der Waals surface area contributed by atoms with Crippen LogP contribution in [0.1, 0.15) is 43.2 Å². The van der Waals surface area contributed by atoms with Crippen molar-refractivity contribution in [2.24, 2.45) is 5.41 Å². The van der Waals surface area contributed by atoms with Crippen LogP contribution in [0.4, 0.5) is 0 Å². The number of aliphatic hydroxyl groups excluding tert-OH is 1. The molecule has 4 rings (SSSR count). The van der Waals surface area contributed by atoms with Crippen LogP contribution in [-0.4, -0.2) is 75.4 Å². The molecule has 2 saturated heterocycles. The smallest absolute Gasteiger partial charge is 0.244 e. The molecule has 2 fully saturated rings. The molecule has 1 aromatic carbocycles. The monoisotopic (exact) mass is 502 g/mol. The molecule has 0 bridgehead atoms. The van der Waals surface area contributed by atoms with Gasteiger partial charge in [-0.3, -0.25) is 14.3 Å². The van der Waals surface area contributed by atoms with Crippen LogP contribution in [0.25, 0.3) is 0 Å². The normalized spacial score (nSPS) is 21.3. The molecule has 8 nitrogen and oxygen atoms in total. The van der Waals surface area contributed by atoms with E-state index in [-0.39, 0.29) is 24.5 Å². The van der Waals surface area contributed by atoms with Crippen molar-refractivity contribution in [3.8, 4) is 5.75 Å². The van der Waals surface area contributed by atoms with Crippen LogP contribution in [0, 0.1) is 19.3 Å². The van der Waals surface area contributed by atoms with Gasteiger partial charge in [-0.25, -0.2) is 0 Å². The predicted octanol–water partition coefficient (Wildman–Crippen LogP) is 3.21. The van der Waals surface area contributed by atoms with Crippen LogP contribution >= 0.6 is 11.6 Å². The fraction of sp³-hybridized carbons (Fsp3) is 0.577. The zero-order valence-corrected chi connectivity index (χ0v) is 21.3. The lowest BCUT2D eigenvalue weighted by molar-refractivity contribution is -0.143. The Morgan fingerprint density at radius 1 is 1.14 bits per heavy atom. The van der Waals surface area contributed by atoms with Gasteiger partial charge in [0.1, 0.15) is 12.3 Å². The summed E-state index contributed by atoms with van der Waals surface area (Å²) in [7, 11) is 0. The van der Waals surface area contributed by atoms with Gasteiger partial charge >= 0.3 is 0 Å². The Bertz CT molecular complexity index is 1010. The maximum absolute atomic E-state index is 13.3. The average molecular weight is 503 g/mol. The third-order valence-corrected chi connectivity index (χ3v) is 7.77. The average Bonchev–Trinajstić information content (AvgIpc) is 3.35. The number of rotatable bonds is 7. The van der Waals surface area contributed by atoms with E-state index >= 15 is 0 Å². The number of benzene rings is 1. The Kier molecular flexibility index (Phi) is 8.02. The number of likely N-dealkylation sites (tertiary alicyclic amines) is 2.